The Morgan fingerprint density at radius 2 is 2.05 bits per heavy atom. The lowest BCUT2D eigenvalue weighted by molar-refractivity contribution is 0.218. The van der Waals surface area contributed by atoms with Gasteiger partial charge in [0.15, 0.2) is 0 Å². The number of sulfonamides is 1. The van der Waals surface area contributed by atoms with Crippen LogP contribution in [0.15, 0.2) is 15.7 Å². The zero-order valence-electron chi connectivity index (χ0n) is 12.7. The van der Waals surface area contributed by atoms with E-state index in [2.05, 4.69) is 12.2 Å². The highest BCUT2D eigenvalue weighted by molar-refractivity contribution is 7.91. The highest BCUT2D eigenvalue weighted by atomic mass is 32.2. The summed E-state index contributed by atoms with van der Waals surface area (Å²) in [6, 6.07) is 2.61. The summed E-state index contributed by atoms with van der Waals surface area (Å²) in [5.74, 6) is 0.451. The van der Waals surface area contributed by atoms with E-state index in [1.807, 2.05) is 18.4 Å². The zero-order valence-corrected chi connectivity index (χ0v) is 14.3. The maximum atomic E-state index is 12.8. The summed E-state index contributed by atoms with van der Waals surface area (Å²) in [7, 11) is -3.32. The van der Waals surface area contributed by atoms with Crippen molar-refractivity contribution in [1.82, 2.24) is 9.62 Å². The first-order valence-electron chi connectivity index (χ1n) is 7.79. The van der Waals surface area contributed by atoms with Crippen molar-refractivity contribution < 1.29 is 8.42 Å². The molecule has 2 aliphatic rings. The summed E-state index contributed by atoms with van der Waals surface area (Å²) < 4.78 is 27.8. The normalized spacial score (nSPS) is 27.9. The molecule has 118 valence electrons. The van der Waals surface area contributed by atoms with Crippen LogP contribution in [0.3, 0.4) is 0 Å². The fraction of sp³-hybridized carbons (Fsp3) is 0.733. The van der Waals surface area contributed by atoms with Gasteiger partial charge in [-0.3, -0.25) is 0 Å². The Labute approximate surface area is 131 Å². The average molecular weight is 329 g/mol. The fourth-order valence-corrected chi connectivity index (χ4v) is 5.95. The quantitative estimate of drug-likeness (QED) is 0.904. The fourth-order valence-electron chi connectivity index (χ4n) is 2.83. The number of piperidine rings is 1. The van der Waals surface area contributed by atoms with Gasteiger partial charge in [-0.1, -0.05) is 6.92 Å². The van der Waals surface area contributed by atoms with E-state index in [4.69, 9.17) is 0 Å². The van der Waals surface area contributed by atoms with Crippen LogP contribution in [-0.2, 0) is 16.6 Å². The van der Waals surface area contributed by atoms with E-state index in [-0.39, 0.29) is 6.04 Å². The number of nitrogens with one attached hydrogen (secondary N) is 1. The van der Waals surface area contributed by atoms with Gasteiger partial charge >= 0.3 is 0 Å². The molecule has 2 unspecified atom stereocenters. The lowest BCUT2D eigenvalue weighted by Gasteiger charge is -2.35. The third-order valence-corrected chi connectivity index (χ3v) is 7.87. The Balaban J connectivity index is 1.73. The number of hydrogen-bond donors (Lipinski definition) is 1. The van der Waals surface area contributed by atoms with Crippen LogP contribution in [0.1, 0.15) is 45.1 Å². The van der Waals surface area contributed by atoms with Crippen LogP contribution in [0.25, 0.3) is 0 Å². The molecule has 2 atom stereocenters. The average Bonchev–Trinajstić information content (AvgIpc) is 3.15. The molecule has 0 aromatic carbocycles. The highest BCUT2D eigenvalue weighted by Gasteiger charge is 2.34. The van der Waals surface area contributed by atoms with E-state index in [0.29, 0.717) is 22.7 Å². The Kier molecular flexibility index (Phi) is 4.41. The van der Waals surface area contributed by atoms with E-state index in [1.165, 1.54) is 24.2 Å². The van der Waals surface area contributed by atoms with Crippen molar-refractivity contribution in [3.63, 3.8) is 0 Å². The van der Waals surface area contributed by atoms with Crippen LogP contribution in [0.2, 0.25) is 0 Å². The Morgan fingerprint density at radius 3 is 2.76 bits per heavy atom. The summed E-state index contributed by atoms with van der Waals surface area (Å²) in [4.78, 5) is 0. The van der Waals surface area contributed by atoms with Crippen molar-refractivity contribution >= 4 is 21.4 Å². The zero-order chi connectivity index (χ0) is 15.0. The van der Waals surface area contributed by atoms with Crippen molar-refractivity contribution in [2.75, 3.05) is 6.54 Å². The molecule has 1 aliphatic carbocycles. The molecule has 2 fully saturated rings. The highest BCUT2D eigenvalue weighted by Crippen LogP contribution is 2.31. The summed E-state index contributed by atoms with van der Waals surface area (Å²) in [6.07, 6.45) is 4.58. The second-order valence-electron chi connectivity index (χ2n) is 6.54. The summed E-state index contributed by atoms with van der Waals surface area (Å²) >= 11 is 1.36. The lowest BCUT2D eigenvalue weighted by Crippen LogP contribution is -2.44. The molecule has 2 heterocycles. The molecule has 1 saturated heterocycles. The molecule has 0 spiro atoms. The number of nitrogens with zero attached hydrogens (tertiary/aromatic N) is 1. The van der Waals surface area contributed by atoms with Crippen LogP contribution in [-0.4, -0.2) is 31.4 Å². The van der Waals surface area contributed by atoms with Crippen molar-refractivity contribution in [3.05, 3.63) is 17.0 Å². The van der Waals surface area contributed by atoms with Gasteiger partial charge in [-0.2, -0.15) is 4.31 Å². The van der Waals surface area contributed by atoms with Crippen molar-refractivity contribution in [1.29, 1.82) is 0 Å². The van der Waals surface area contributed by atoms with Crippen LogP contribution in [0.4, 0.5) is 0 Å². The van der Waals surface area contributed by atoms with Crippen LogP contribution in [0, 0.1) is 5.92 Å². The molecule has 0 bridgehead atoms. The van der Waals surface area contributed by atoms with E-state index >= 15 is 0 Å². The predicted molar refractivity (Wildman–Crippen MR) is 85.9 cm³/mol. The summed E-state index contributed by atoms with van der Waals surface area (Å²) in [5, 5.41) is 5.40. The van der Waals surface area contributed by atoms with Gasteiger partial charge in [-0.05, 0) is 55.5 Å². The Morgan fingerprint density at radius 1 is 1.29 bits per heavy atom. The Hall–Kier alpha value is -0.430. The van der Waals surface area contributed by atoms with Gasteiger partial charge in [0.25, 0.3) is 10.0 Å². The summed E-state index contributed by atoms with van der Waals surface area (Å²) in [6.45, 7) is 5.58. The maximum absolute atomic E-state index is 12.8. The van der Waals surface area contributed by atoms with E-state index in [0.717, 1.165) is 24.9 Å². The third kappa shape index (κ3) is 3.50. The second-order valence-corrected chi connectivity index (χ2v) is 9.56. The van der Waals surface area contributed by atoms with Crippen molar-refractivity contribution in [2.24, 2.45) is 5.92 Å². The topological polar surface area (TPSA) is 49.4 Å². The number of rotatable bonds is 5. The first kappa shape index (κ1) is 15.5. The van der Waals surface area contributed by atoms with Gasteiger partial charge < -0.3 is 5.32 Å². The minimum Gasteiger partial charge on any atom is -0.310 e. The molecule has 1 aliphatic heterocycles. The minimum absolute atomic E-state index is 0.112. The molecular formula is C15H24N2O2S2. The molecule has 6 heteroatoms. The van der Waals surface area contributed by atoms with Gasteiger partial charge in [0.2, 0.25) is 0 Å². The molecule has 1 saturated carbocycles. The van der Waals surface area contributed by atoms with Crippen molar-refractivity contribution in [2.45, 2.75) is 62.4 Å². The van der Waals surface area contributed by atoms with Crippen LogP contribution < -0.4 is 5.32 Å². The predicted octanol–water partition coefficient (Wildman–Crippen LogP) is 2.81. The molecule has 1 aromatic rings. The number of hydrogen-bond acceptors (Lipinski definition) is 4. The van der Waals surface area contributed by atoms with Crippen LogP contribution in [0.5, 0.6) is 0 Å². The molecule has 21 heavy (non-hydrogen) atoms. The molecule has 4 nitrogen and oxygen atoms in total. The Bertz CT molecular complexity index is 593. The first-order chi connectivity index (χ1) is 9.96. The molecule has 0 radical (unpaired) electrons. The maximum Gasteiger partial charge on any atom is 0.252 e. The van der Waals surface area contributed by atoms with Gasteiger partial charge in [0.05, 0.1) is 0 Å². The van der Waals surface area contributed by atoms with Crippen molar-refractivity contribution in [3.8, 4) is 0 Å². The molecular weight excluding hydrogens is 304 g/mol. The SMILES string of the molecule is CC1CCC(C)N(S(=O)(=O)c2cc(CNC3CC3)cs2)C1. The molecule has 0 amide bonds. The monoisotopic (exact) mass is 328 g/mol. The third-order valence-electron chi connectivity index (χ3n) is 4.43. The van der Waals surface area contributed by atoms with Gasteiger partial charge in [0.1, 0.15) is 4.21 Å². The van der Waals surface area contributed by atoms with Gasteiger partial charge in [0, 0.05) is 25.2 Å². The minimum atomic E-state index is -3.32. The van der Waals surface area contributed by atoms with Gasteiger partial charge in [-0.15, -0.1) is 11.3 Å². The van der Waals surface area contributed by atoms with E-state index in [1.54, 1.807) is 4.31 Å². The van der Waals surface area contributed by atoms with E-state index in [9.17, 15) is 8.42 Å². The largest absolute Gasteiger partial charge is 0.310 e. The standard InChI is InChI=1S/C15H24N2O2S2/c1-11-3-4-12(2)17(9-11)21(18,19)15-7-13(10-20-15)8-16-14-5-6-14/h7,10-12,14,16H,3-6,8-9H2,1-2H3. The van der Waals surface area contributed by atoms with Gasteiger partial charge in [-0.25, -0.2) is 8.42 Å². The molecule has 1 aromatic heterocycles. The van der Waals surface area contributed by atoms with E-state index < -0.39 is 10.0 Å². The smallest absolute Gasteiger partial charge is 0.252 e. The second kappa shape index (κ2) is 5.99. The molecule has 3 rings (SSSR count). The number of thiophene rings is 1. The summed E-state index contributed by atoms with van der Waals surface area (Å²) in [5.41, 5.74) is 1.09. The molecule has 1 N–H and O–H groups in total. The lowest BCUT2D eigenvalue weighted by atomic mass is 9.97. The first-order valence-corrected chi connectivity index (χ1v) is 10.1. The van der Waals surface area contributed by atoms with Crippen LogP contribution >= 0.6 is 11.3 Å².